The molecule has 2 aromatic heterocycles. The fraction of sp³-hybridized carbons (Fsp3) is 0.182. The van der Waals surface area contributed by atoms with Crippen LogP contribution in [0.4, 0.5) is 5.69 Å². The van der Waals surface area contributed by atoms with Crippen molar-refractivity contribution in [2.24, 2.45) is 0 Å². The van der Waals surface area contributed by atoms with Gasteiger partial charge >= 0.3 is 0 Å². The molecule has 0 aliphatic rings. The van der Waals surface area contributed by atoms with Gasteiger partial charge in [0.1, 0.15) is 11.6 Å². The Morgan fingerprint density at radius 3 is 2.90 bits per heavy atom. The number of hydrogen-bond donors (Lipinski definition) is 1. The van der Waals surface area contributed by atoms with Crippen molar-refractivity contribution in [3.8, 4) is 10.6 Å². The third kappa shape index (κ3) is 2.34. The number of fused-ring (bicyclic) bond motifs is 1. The van der Waals surface area contributed by atoms with Crippen molar-refractivity contribution in [2.45, 2.75) is 6.61 Å². The zero-order valence-electron chi connectivity index (χ0n) is 10.3. The number of ether oxygens (including phenoxy) is 1. The summed E-state index contributed by atoms with van der Waals surface area (Å²) in [4.78, 5) is 0.711. The summed E-state index contributed by atoms with van der Waals surface area (Å²) in [5, 5.41) is 13.4. The summed E-state index contributed by atoms with van der Waals surface area (Å²) in [6.07, 6.45) is 0. The Labute approximate surface area is 135 Å². The highest BCUT2D eigenvalue weighted by atomic mass is 79.9. The average molecular weight is 419 g/mol. The van der Waals surface area contributed by atoms with E-state index >= 15 is 0 Å². The molecule has 1 aromatic carbocycles. The van der Waals surface area contributed by atoms with Gasteiger partial charge in [0.15, 0.2) is 5.82 Å². The molecule has 0 fully saturated rings. The number of benzene rings is 1. The fourth-order valence-corrected chi connectivity index (χ4v) is 3.86. The van der Waals surface area contributed by atoms with Crippen LogP contribution < -0.4 is 5.73 Å². The van der Waals surface area contributed by atoms with Crippen molar-refractivity contribution in [1.82, 2.24) is 19.8 Å². The molecular weight excluding hydrogens is 410 g/mol. The van der Waals surface area contributed by atoms with E-state index < -0.39 is 0 Å². The van der Waals surface area contributed by atoms with Gasteiger partial charge in [0.2, 0.25) is 4.96 Å². The van der Waals surface area contributed by atoms with Gasteiger partial charge in [-0.3, -0.25) is 0 Å². The zero-order chi connectivity index (χ0) is 14.3. The van der Waals surface area contributed by atoms with Crippen molar-refractivity contribution in [3.63, 3.8) is 0 Å². The Hall–Kier alpha value is -1.03. The van der Waals surface area contributed by atoms with Crippen molar-refractivity contribution in [2.75, 3.05) is 12.8 Å². The molecule has 0 atom stereocenters. The lowest BCUT2D eigenvalue weighted by Crippen LogP contribution is -1.98. The maximum absolute atomic E-state index is 6.10. The predicted octanol–water partition coefficient (Wildman–Crippen LogP) is 3.11. The van der Waals surface area contributed by atoms with Crippen molar-refractivity contribution in [3.05, 3.63) is 26.9 Å². The topological polar surface area (TPSA) is 78.3 Å². The van der Waals surface area contributed by atoms with Gasteiger partial charge in [0, 0.05) is 21.6 Å². The number of nitrogens with two attached hydrogens (primary N) is 1. The molecule has 2 heterocycles. The van der Waals surface area contributed by atoms with Crippen LogP contribution >= 0.6 is 43.2 Å². The van der Waals surface area contributed by atoms with Crippen LogP contribution in [0.5, 0.6) is 0 Å². The minimum atomic E-state index is 0.363. The van der Waals surface area contributed by atoms with Gasteiger partial charge in [-0.15, -0.1) is 10.2 Å². The number of hydrogen-bond acceptors (Lipinski definition) is 6. The van der Waals surface area contributed by atoms with Gasteiger partial charge in [0.25, 0.3) is 0 Å². The van der Waals surface area contributed by atoms with E-state index in [1.165, 1.54) is 11.3 Å². The van der Waals surface area contributed by atoms with Gasteiger partial charge in [0.05, 0.1) is 5.69 Å². The van der Waals surface area contributed by atoms with E-state index in [2.05, 4.69) is 47.2 Å². The number of halogens is 2. The molecule has 9 heteroatoms. The Morgan fingerprint density at radius 1 is 1.35 bits per heavy atom. The molecule has 0 unspecified atom stereocenters. The minimum absolute atomic E-state index is 0.363. The van der Waals surface area contributed by atoms with Crippen LogP contribution in [0.1, 0.15) is 5.82 Å². The summed E-state index contributed by atoms with van der Waals surface area (Å²) in [5.41, 5.74) is 7.60. The maximum atomic E-state index is 6.10. The first kappa shape index (κ1) is 13.9. The number of anilines is 1. The van der Waals surface area contributed by atoms with Crippen LogP contribution in [-0.2, 0) is 11.3 Å². The molecule has 6 nitrogen and oxygen atoms in total. The molecular formula is C11H9Br2N5OS. The summed E-state index contributed by atoms with van der Waals surface area (Å²) < 4.78 is 8.50. The summed E-state index contributed by atoms with van der Waals surface area (Å²) >= 11 is 8.32. The molecule has 20 heavy (non-hydrogen) atoms. The molecule has 0 spiro atoms. The summed E-state index contributed by atoms with van der Waals surface area (Å²) in [6, 6.07) is 3.83. The molecule has 0 aliphatic heterocycles. The summed E-state index contributed by atoms with van der Waals surface area (Å²) in [5.74, 6) is 0.664. The molecule has 0 radical (unpaired) electrons. The number of aromatic nitrogens is 4. The summed E-state index contributed by atoms with van der Waals surface area (Å²) in [7, 11) is 1.61. The Balaban J connectivity index is 2.15. The van der Waals surface area contributed by atoms with Gasteiger partial charge < -0.3 is 10.5 Å². The van der Waals surface area contributed by atoms with E-state index in [1.807, 2.05) is 12.1 Å². The summed E-state index contributed by atoms with van der Waals surface area (Å²) in [6.45, 7) is 0.363. The second-order valence-electron chi connectivity index (χ2n) is 4.00. The average Bonchev–Trinajstić information content (AvgIpc) is 2.96. The van der Waals surface area contributed by atoms with E-state index in [9.17, 15) is 0 Å². The standard InChI is InChI=1S/C11H9Br2N5OS/c1-19-4-8-15-16-11-18(8)17-10(20-11)6-2-5(12)3-7(13)9(6)14/h2-3H,4,14H2,1H3. The molecule has 3 rings (SSSR count). The minimum Gasteiger partial charge on any atom is -0.397 e. The van der Waals surface area contributed by atoms with E-state index in [0.29, 0.717) is 23.1 Å². The molecule has 0 bridgehead atoms. The maximum Gasteiger partial charge on any atom is 0.235 e. The normalized spacial score (nSPS) is 11.3. The smallest absolute Gasteiger partial charge is 0.235 e. The lowest BCUT2D eigenvalue weighted by atomic mass is 10.2. The van der Waals surface area contributed by atoms with Crippen LogP contribution in [0, 0.1) is 0 Å². The molecule has 0 amide bonds. The first-order chi connectivity index (χ1) is 9.60. The van der Waals surface area contributed by atoms with Crippen LogP contribution in [0.2, 0.25) is 0 Å². The van der Waals surface area contributed by atoms with Crippen molar-refractivity contribution in [1.29, 1.82) is 0 Å². The van der Waals surface area contributed by atoms with Crippen LogP contribution in [-0.4, -0.2) is 26.9 Å². The van der Waals surface area contributed by atoms with Crippen molar-refractivity contribution < 1.29 is 4.74 Å². The molecule has 0 aliphatic carbocycles. The number of rotatable bonds is 3. The third-order valence-electron chi connectivity index (χ3n) is 2.65. The fourth-order valence-electron chi connectivity index (χ4n) is 1.75. The number of methoxy groups -OCH3 is 1. The molecule has 0 saturated carbocycles. The van der Waals surface area contributed by atoms with E-state index in [-0.39, 0.29) is 0 Å². The second-order valence-corrected chi connectivity index (χ2v) is 6.73. The van der Waals surface area contributed by atoms with Crippen LogP contribution in [0.3, 0.4) is 0 Å². The lowest BCUT2D eigenvalue weighted by molar-refractivity contribution is 0.176. The van der Waals surface area contributed by atoms with Gasteiger partial charge in [-0.2, -0.15) is 9.61 Å². The molecule has 0 saturated heterocycles. The lowest BCUT2D eigenvalue weighted by Gasteiger charge is -2.05. The Bertz CT molecular complexity index is 785. The number of nitrogens with zero attached hydrogens (tertiary/aromatic N) is 4. The van der Waals surface area contributed by atoms with Gasteiger partial charge in [-0.25, -0.2) is 0 Å². The highest BCUT2D eigenvalue weighted by Gasteiger charge is 2.16. The third-order valence-corrected chi connectivity index (χ3v) is 4.70. The van der Waals surface area contributed by atoms with Crippen molar-refractivity contribution >= 4 is 53.8 Å². The first-order valence-corrected chi connectivity index (χ1v) is 7.95. The van der Waals surface area contributed by atoms with Crippen LogP contribution in [0.15, 0.2) is 21.1 Å². The quantitative estimate of drug-likeness (QED) is 0.661. The first-order valence-electron chi connectivity index (χ1n) is 5.55. The highest BCUT2D eigenvalue weighted by Crippen LogP contribution is 2.36. The predicted molar refractivity (Wildman–Crippen MR) is 84.6 cm³/mol. The highest BCUT2D eigenvalue weighted by molar-refractivity contribution is 9.11. The SMILES string of the molecule is COCc1nnc2sc(-c3cc(Br)cc(Br)c3N)nn12. The van der Waals surface area contributed by atoms with E-state index in [1.54, 1.807) is 11.6 Å². The van der Waals surface area contributed by atoms with Gasteiger partial charge in [-0.05, 0) is 28.1 Å². The van der Waals surface area contributed by atoms with E-state index in [4.69, 9.17) is 10.5 Å². The number of nitrogen functional groups attached to an aromatic ring is 1. The second kappa shape index (κ2) is 5.40. The largest absolute Gasteiger partial charge is 0.397 e. The Kier molecular flexibility index (Phi) is 3.76. The van der Waals surface area contributed by atoms with Crippen LogP contribution in [0.25, 0.3) is 15.5 Å². The Morgan fingerprint density at radius 2 is 2.15 bits per heavy atom. The van der Waals surface area contributed by atoms with E-state index in [0.717, 1.165) is 19.5 Å². The van der Waals surface area contributed by atoms with Gasteiger partial charge in [-0.1, -0.05) is 27.3 Å². The molecule has 104 valence electrons. The zero-order valence-corrected chi connectivity index (χ0v) is 14.3. The molecule has 2 N–H and O–H groups in total. The molecule has 3 aromatic rings. The monoisotopic (exact) mass is 417 g/mol.